The zero-order chi connectivity index (χ0) is 13.1. The van der Waals surface area contributed by atoms with Crippen molar-refractivity contribution in [3.8, 4) is 0 Å². The monoisotopic (exact) mass is 261 g/mol. The van der Waals surface area contributed by atoms with Gasteiger partial charge in [0.2, 0.25) is 10.0 Å². The van der Waals surface area contributed by atoms with Crippen LogP contribution in [0.5, 0.6) is 0 Å². The maximum atomic E-state index is 13.4. The van der Waals surface area contributed by atoms with Gasteiger partial charge in [-0.1, -0.05) is 6.07 Å². The van der Waals surface area contributed by atoms with Crippen molar-refractivity contribution in [3.63, 3.8) is 0 Å². The Hall–Kier alpha value is -0.980. The molecule has 17 heavy (non-hydrogen) atoms. The Balaban J connectivity index is 2.86. The molecule has 1 aromatic carbocycles. The van der Waals surface area contributed by atoms with E-state index in [4.69, 9.17) is 5.11 Å². The van der Waals surface area contributed by atoms with Gasteiger partial charge in [-0.2, -0.15) is 0 Å². The van der Waals surface area contributed by atoms with Gasteiger partial charge in [0.1, 0.15) is 10.7 Å². The predicted octanol–water partition coefficient (Wildman–Crippen LogP) is 1.18. The Morgan fingerprint density at radius 2 is 2.12 bits per heavy atom. The number of hydrogen-bond acceptors (Lipinski definition) is 3. The van der Waals surface area contributed by atoms with Crippen molar-refractivity contribution in [2.24, 2.45) is 0 Å². The van der Waals surface area contributed by atoms with E-state index in [2.05, 4.69) is 4.72 Å². The van der Waals surface area contributed by atoms with Crippen molar-refractivity contribution < 1.29 is 17.9 Å². The third-order valence-corrected chi connectivity index (χ3v) is 3.71. The van der Waals surface area contributed by atoms with Crippen LogP contribution in [-0.2, 0) is 10.0 Å². The van der Waals surface area contributed by atoms with Crippen LogP contribution in [-0.4, -0.2) is 26.2 Å². The smallest absolute Gasteiger partial charge is 0.243 e. The standard InChI is InChI=1S/C11H16FNO3S/c1-8-3-4-10(12)11(7-8)17(15,16)13-6-5-9(2)14/h3-4,7,9,13-14H,5-6H2,1-2H3. The molecule has 0 spiro atoms. The summed E-state index contributed by atoms with van der Waals surface area (Å²) in [6, 6.07) is 3.91. The van der Waals surface area contributed by atoms with E-state index in [1.165, 1.54) is 12.1 Å². The van der Waals surface area contributed by atoms with Crippen LogP contribution < -0.4 is 4.72 Å². The van der Waals surface area contributed by atoms with Crippen molar-refractivity contribution in [1.82, 2.24) is 4.72 Å². The summed E-state index contributed by atoms with van der Waals surface area (Å²) < 4.78 is 39.1. The van der Waals surface area contributed by atoms with Gasteiger partial charge >= 0.3 is 0 Å². The lowest BCUT2D eigenvalue weighted by Crippen LogP contribution is -2.27. The predicted molar refractivity (Wildman–Crippen MR) is 62.6 cm³/mol. The van der Waals surface area contributed by atoms with E-state index in [0.717, 1.165) is 6.07 Å². The molecule has 0 saturated heterocycles. The third kappa shape index (κ3) is 4.07. The molecule has 96 valence electrons. The maximum absolute atomic E-state index is 13.4. The number of aliphatic hydroxyl groups excluding tert-OH is 1. The number of sulfonamides is 1. The van der Waals surface area contributed by atoms with Crippen molar-refractivity contribution in [1.29, 1.82) is 0 Å². The minimum absolute atomic E-state index is 0.0768. The van der Waals surface area contributed by atoms with E-state index in [0.29, 0.717) is 5.56 Å². The third-order valence-electron chi connectivity index (χ3n) is 2.23. The van der Waals surface area contributed by atoms with Crippen LogP contribution in [0, 0.1) is 12.7 Å². The van der Waals surface area contributed by atoms with Crippen molar-refractivity contribution in [2.75, 3.05) is 6.54 Å². The number of aliphatic hydroxyl groups is 1. The van der Waals surface area contributed by atoms with Gasteiger partial charge in [0.05, 0.1) is 6.10 Å². The number of benzene rings is 1. The normalized spacial score (nSPS) is 13.6. The molecule has 0 aromatic heterocycles. The average molecular weight is 261 g/mol. The molecule has 2 N–H and O–H groups in total. The van der Waals surface area contributed by atoms with Crippen molar-refractivity contribution >= 4 is 10.0 Å². The fourth-order valence-electron chi connectivity index (χ4n) is 1.30. The van der Waals surface area contributed by atoms with Gasteiger partial charge < -0.3 is 5.11 Å². The molecule has 1 aromatic rings. The number of halogens is 1. The van der Waals surface area contributed by atoms with Crippen LogP contribution in [0.1, 0.15) is 18.9 Å². The summed E-state index contributed by atoms with van der Waals surface area (Å²) in [5.74, 6) is -0.778. The lowest BCUT2D eigenvalue weighted by atomic mass is 10.2. The summed E-state index contributed by atoms with van der Waals surface area (Å²) in [7, 11) is -3.85. The van der Waals surface area contributed by atoms with E-state index < -0.39 is 21.9 Å². The molecule has 0 amide bonds. The highest BCUT2D eigenvalue weighted by molar-refractivity contribution is 7.89. The summed E-state index contributed by atoms with van der Waals surface area (Å²) in [6.07, 6.45) is -0.313. The molecule has 0 bridgehead atoms. The highest BCUT2D eigenvalue weighted by Gasteiger charge is 2.18. The molecular formula is C11H16FNO3S. The van der Waals surface area contributed by atoms with Crippen LogP contribution in [0.3, 0.4) is 0 Å². The Labute approximate surface area is 101 Å². The molecule has 6 heteroatoms. The Morgan fingerprint density at radius 1 is 1.47 bits per heavy atom. The van der Waals surface area contributed by atoms with Gasteiger partial charge in [-0.05, 0) is 38.0 Å². The molecule has 0 aliphatic carbocycles. The summed E-state index contributed by atoms with van der Waals surface area (Å²) in [4.78, 5) is -0.358. The van der Waals surface area contributed by atoms with Crippen LogP contribution in [0.25, 0.3) is 0 Å². The highest BCUT2D eigenvalue weighted by Crippen LogP contribution is 2.15. The maximum Gasteiger partial charge on any atom is 0.243 e. The first kappa shape index (κ1) is 14.1. The van der Waals surface area contributed by atoms with Gasteiger partial charge in [0, 0.05) is 6.54 Å². The molecule has 4 nitrogen and oxygen atoms in total. The fourth-order valence-corrected chi connectivity index (χ4v) is 2.50. The van der Waals surface area contributed by atoms with Crippen LogP contribution in [0.4, 0.5) is 4.39 Å². The lowest BCUT2D eigenvalue weighted by Gasteiger charge is -2.09. The second-order valence-corrected chi connectivity index (χ2v) is 5.70. The average Bonchev–Trinajstić information content (AvgIpc) is 2.20. The zero-order valence-corrected chi connectivity index (χ0v) is 10.6. The Morgan fingerprint density at radius 3 is 2.71 bits per heavy atom. The molecule has 0 heterocycles. The molecule has 0 aliphatic heterocycles. The van der Waals surface area contributed by atoms with E-state index in [9.17, 15) is 12.8 Å². The molecule has 1 rings (SSSR count). The second kappa shape index (κ2) is 5.57. The topological polar surface area (TPSA) is 66.4 Å². The zero-order valence-electron chi connectivity index (χ0n) is 9.77. The highest BCUT2D eigenvalue weighted by atomic mass is 32.2. The lowest BCUT2D eigenvalue weighted by molar-refractivity contribution is 0.186. The summed E-state index contributed by atoms with van der Waals surface area (Å²) in [6.45, 7) is 3.32. The van der Waals surface area contributed by atoms with Crippen LogP contribution in [0.15, 0.2) is 23.1 Å². The second-order valence-electron chi connectivity index (χ2n) is 3.97. The van der Waals surface area contributed by atoms with Crippen molar-refractivity contribution in [2.45, 2.75) is 31.3 Å². The molecule has 0 fully saturated rings. The van der Waals surface area contributed by atoms with Gasteiger partial charge in [0.15, 0.2) is 0 Å². The fraction of sp³-hybridized carbons (Fsp3) is 0.455. The summed E-state index contributed by atoms with van der Waals surface area (Å²) in [5.41, 5.74) is 0.669. The minimum Gasteiger partial charge on any atom is -0.393 e. The summed E-state index contributed by atoms with van der Waals surface area (Å²) in [5, 5.41) is 9.01. The molecule has 1 atom stereocenters. The number of hydrogen-bond donors (Lipinski definition) is 2. The quantitative estimate of drug-likeness (QED) is 0.836. The molecule has 0 radical (unpaired) electrons. The number of rotatable bonds is 5. The largest absolute Gasteiger partial charge is 0.393 e. The SMILES string of the molecule is Cc1ccc(F)c(S(=O)(=O)NCCC(C)O)c1. The van der Waals surface area contributed by atoms with Gasteiger partial charge in [-0.3, -0.25) is 0 Å². The Bertz CT molecular complexity index is 485. The molecule has 0 aliphatic rings. The van der Waals surface area contributed by atoms with Crippen molar-refractivity contribution in [3.05, 3.63) is 29.6 Å². The van der Waals surface area contributed by atoms with Crippen LogP contribution in [0.2, 0.25) is 0 Å². The van der Waals surface area contributed by atoms with Gasteiger partial charge in [-0.25, -0.2) is 17.5 Å². The molecule has 1 unspecified atom stereocenters. The summed E-state index contributed by atoms with van der Waals surface area (Å²) >= 11 is 0. The Kier molecular flexibility index (Phi) is 4.62. The first-order chi connectivity index (χ1) is 7.83. The molecular weight excluding hydrogens is 245 g/mol. The van der Waals surface area contributed by atoms with E-state index in [1.807, 2.05) is 0 Å². The van der Waals surface area contributed by atoms with Gasteiger partial charge in [-0.15, -0.1) is 0 Å². The van der Waals surface area contributed by atoms with Crippen LogP contribution >= 0.6 is 0 Å². The minimum atomic E-state index is -3.85. The van der Waals surface area contributed by atoms with E-state index in [-0.39, 0.29) is 17.9 Å². The number of nitrogens with one attached hydrogen (secondary N) is 1. The first-order valence-corrected chi connectivity index (χ1v) is 6.75. The van der Waals surface area contributed by atoms with E-state index >= 15 is 0 Å². The van der Waals surface area contributed by atoms with Gasteiger partial charge in [0.25, 0.3) is 0 Å². The van der Waals surface area contributed by atoms with E-state index in [1.54, 1.807) is 13.8 Å². The molecule has 0 saturated carbocycles. The first-order valence-electron chi connectivity index (χ1n) is 5.27. The number of aryl methyl sites for hydroxylation is 1.